The number of hydrogen-bond acceptors (Lipinski definition) is 3. The van der Waals surface area contributed by atoms with Gasteiger partial charge in [0.15, 0.2) is 0 Å². The highest BCUT2D eigenvalue weighted by molar-refractivity contribution is 9.10. The molecule has 0 bridgehead atoms. The van der Waals surface area contributed by atoms with Crippen LogP contribution in [-0.4, -0.2) is 18.5 Å². The average Bonchev–Trinajstić information content (AvgIpc) is 2.99. The smallest absolute Gasteiger partial charge is 0.221 e. The van der Waals surface area contributed by atoms with Gasteiger partial charge < -0.3 is 10.6 Å². The zero-order valence-corrected chi connectivity index (χ0v) is 11.4. The topological polar surface area (TPSA) is 41.1 Å². The number of carbonyl (C=O) groups is 1. The number of amides is 1. The first kappa shape index (κ1) is 12.1. The van der Waals surface area contributed by atoms with Gasteiger partial charge in [-0.05, 0) is 40.2 Å². The predicted molar refractivity (Wildman–Crippen MR) is 69.5 cm³/mol. The Morgan fingerprint density at radius 3 is 3.00 bits per heavy atom. The van der Waals surface area contributed by atoms with Crippen molar-refractivity contribution in [1.82, 2.24) is 10.6 Å². The Morgan fingerprint density at radius 1 is 1.56 bits per heavy atom. The molecule has 2 N–H and O–H groups in total. The Labute approximate surface area is 108 Å². The Hall–Kier alpha value is -0.390. The van der Waals surface area contributed by atoms with Crippen molar-refractivity contribution in [3.05, 3.63) is 20.8 Å². The molecule has 1 fully saturated rings. The maximum absolute atomic E-state index is 11.5. The molecule has 0 saturated heterocycles. The van der Waals surface area contributed by atoms with Gasteiger partial charge in [-0.25, -0.2) is 0 Å². The van der Waals surface area contributed by atoms with Crippen LogP contribution in [0.4, 0.5) is 0 Å². The van der Waals surface area contributed by atoms with Gasteiger partial charge in [0.25, 0.3) is 0 Å². The summed E-state index contributed by atoms with van der Waals surface area (Å²) >= 11 is 5.10. The lowest BCUT2D eigenvalue weighted by atomic mass is 10.3. The van der Waals surface area contributed by atoms with E-state index in [0.29, 0.717) is 19.0 Å². The molecule has 5 heteroatoms. The van der Waals surface area contributed by atoms with E-state index >= 15 is 0 Å². The van der Waals surface area contributed by atoms with Crippen LogP contribution in [-0.2, 0) is 11.3 Å². The van der Waals surface area contributed by atoms with E-state index in [1.165, 1.54) is 17.7 Å². The third-order valence-corrected chi connectivity index (χ3v) is 4.43. The van der Waals surface area contributed by atoms with E-state index in [1.54, 1.807) is 11.3 Å². The minimum atomic E-state index is 0.119. The molecule has 1 aromatic rings. The summed E-state index contributed by atoms with van der Waals surface area (Å²) in [6.07, 6.45) is 3.10. The molecule has 88 valence electrons. The van der Waals surface area contributed by atoms with Crippen LogP contribution < -0.4 is 10.6 Å². The molecule has 0 aliphatic heterocycles. The van der Waals surface area contributed by atoms with E-state index in [-0.39, 0.29) is 5.91 Å². The quantitative estimate of drug-likeness (QED) is 0.846. The Balaban J connectivity index is 1.61. The Morgan fingerprint density at radius 2 is 2.38 bits per heavy atom. The van der Waals surface area contributed by atoms with Crippen LogP contribution in [0.25, 0.3) is 0 Å². The minimum Gasteiger partial charge on any atom is -0.351 e. The molecule has 16 heavy (non-hydrogen) atoms. The van der Waals surface area contributed by atoms with Crippen molar-refractivity contribution in [3.63, 3.8) is 0 Å². The lowest BCUT2D eigenvalue weighted by molar-refractivity contribution is -0.121. The van der Waals surface area contributed by atoms with Crippen LogP contribution in [0.5, 0.6) is 0 Å². The monoisotopic (exact) mass is 302 g/mol. The summed E-state index contributed by atoms with van der Waals surface area (Å²) in [6, 6.07) is 2.68. The Bertz CT molecular complexity index is 363. The maximum atomic E-state index is 11.5. The van der Waals surface area contributed by atoms with Crippen LogP contribution in [0.2, 0.25) is 0 Å². The van der Waals surface area contributed by atoms with Gasteiger partial charge in [0.1, 0.15) is 0 Å². The van der Waals surface area contributed by atoms with Crippen molar-refractivity contribution in [2.24, 2.45) is 0 Å². The molecule has 0 radical (unpaired) electrons. The second kappa shape index (κ2) is 5.80. The molecule has 0 unspecified atom stereocenters. The molecule has 2 rings (SSSR count). The van der Waals surface area contributed by atoms with E-state index in [2.05, 4.69) is 26.6 Å². The maximum Gasteiger partial charge on any atom is 0.221 e. The molecule has 0 atom stereocenters. The van der Waals surface area contributed by atoms with Gasteiger partial charge in [0, 0.05) is 28.4 Å². The van der Waals surface area contributed by atoms with Crippen LogP contribution in [0, 0.1) is 0 Å². The molecular weight excluding hydrogens is 288 g/mol. The van der Waals surface area contributed by atoms with E-state index in [9.17, 15) is 4.79 Å². The second-order valence-electron chi connectivity index (χ2n) is 3.95. The van der Waals surface area contributed by atoms with E-state index < -0.39 is 0 Å². The van der Waals surface area contributed by atoms with E-state index in [1.807, 2.05) is 11.4 Å². The Kier molecular flexibility index (Phi) is 4.37. The molecule has 1 amide bonds. The van der Waals surface area contributed by atoms with Gasteiger partial charge in [-0.2, -0.15) is 0 Å². The van der Waals surface area contributed by atoms with Gasteiger partial charge in [0.2, 0.25) is 5.91 Å². The molecule has 0 aromatic carbocycles. The SMILES string of the molecule is O=C(CCNC1CC1)NCc1sccc1Br. The van der Waals surface area contributed by atoms with Crippen molar-refractivity contribution < 1.29 is 4.79 Å². The molecule has 1 aliphatic rings. The normalized spacial score (nSPS) is 15.1. The average molecular weight is 303 g/mol. The lowest BCUT2D eigenvalue weighted by Crippen LogP contribution is -2.27. The molecule has 3 nitrogen and oxygen atoms in total. The van der Waals surface area contributed by atoms with Crippen molar-refractivity contribution in [1.29, 1.82) is 0 Å². The number of carbonyl (C=O) groups excluding carboxylic acids is 1. The number of halogens is 1. The van der Waals surface area contributed by atoms with Crippen molar-refractivity contribution in [2.75, 3.05) is 6.54 Å². The molecule has 1 aromatic heterocycles. The predicted octanol–water partition coefficient (Wildman–Crippen LogP) is 2.27. The highest BCUT2D eigenvalue weighted by Crippen LogP contribution is 2.22. The largest absolute Gasteiger partial charge is 0.351 e. The molecule has 0 spiro atoms. The first-order chi connectivity index (χ1) is 7.75. The van der Waals surface area contributed by atoms with E-state index in [0.717, 1.165) is 11.0 Å². The van der Waals surface area contributed by atoms with Gasteiger partial charge >= 0.3 is 0 Å². The zero-order chi connectivity index (χ0) is 11.4. The first-order valence-corrected chi connectivity index (χ1v) is 7.15. The number of rotatable bonds is 6. The first-order valence-electron chi connectivity index (χ1n) is 5.47. The van der Waals surface area contributed by atoms with Crippen molar-refractivity contribution in [3.8, 4) is 0 Å². The van der Waals surface area contributed by atoms with Crippen LogP contribution in [0.3, 0.4) is 0 Å². The fraction of sp³-hybridized carbons (Fsp3) is 0.545. The molecule has 1 heterocycles. The van der Waals surface area contributed by atoms with Gasteiger partial charge in [-0.1, -0.05) is 0 Å². The summed E-state index contributed by atoms with van der Waals surface area (Å²) in [5, 5.41) is 8.26. The van der Waals surface area contributed by atoms with Gasteiger partial charge in [-0.15, -0.1) is 11.3 Å². The summed E-state index contributed by atoms with van der Waals surface area (Å²) < 4.78 is 1.08. The van der Waals surface area contributed by atoms with Crippen LogP contribution in [0.15, 0.2) is 15.9 Å². The summed E-state index contributed by atoms with van der Waals surface area (Å²) in [7, 11) is 0. The second-order valence-corrected chi connectivity index (χ2v) is 5.80. The third kappa shape index (κ3) is 3.88. The fourth-order valence-electron chi connectivity index (χ4n) is 1.40. The van der Waals surface area contributed by atoms with E-state index in [4.69, 9.17) is 0 Å². The number of thiophene rings is 1. The zero-order valence-electron chi connectivity index (χ0n) is 8.96. The highest BCUT2D eigenvalue weighted by atomic mass is 79.9. The third-order valence-electron chi connectivity index (χ3n) is 2.50. The standard InChI is InChI=1S/C11H15BrN2OS/c12-9-4-6-16-10(9)7-14-11(15)3-5-13-8-1-2-8/h4,6,8,13H,1-3,5,7H2,(H,14,15). The highest BCUT2D eigenvalue weighted by Gasteiger charge is 2.19. The summed E-state index contributed by atoms with van der Waals surface area (Å²) in [6.45, 7) is 1.42. The summed E-state index contributed by atoms with van der Waals surface area (Å²) in [4.78, 5) is 12.7. The van der Waals surface area contributed by atoms with Gasteiger partial charge in [-0.3, -0.25) is 4.79 Å². The van der Waals surface area contributed by atoms with Gasteiger partial charge in [0.05, 0.1) is 6.54 Å². The summed E-state index contributed by atoms with van der Waals surface area (Å²) in [5.74, 6) is 0.119. The van der Waals surface area contributed by atoms with Crippen molar-refractivity contribution in [2.45, 2.75) is 31.8 Å². The molecule has 1 saturated carbocycles. The fourth-order valence-corrected chi connectivity index (χ4v) is 2.83. The van der Waals surface area contributed by atoms with Crippen LogP contribution >= 0.6 is 27.3 Å². The lowest BCUT2D eigenvalue weighted by Gasteiger charge is -2.05. The van der Waals surface area contributed by atoms with Crippen LogP contribution in [0.1, 0.15) is 24.1 Å². The minimum absolute atomic E-state index is 0.119. The number of hydrogen-bond donors (Lipinski definition) is 2. The number of nitrogens with one attached hydrogen (secondary N) is 2. The molecular formula is C11H15BrN2OS. The van der Waals surface area contributed by atoms with Crippen molar-refractivity contribution >= 4 is 33.2 Å². The molecule has 1 aliphatic carbocycles. The summed E-state index contributed by atoms with van der Waals surface area (Å²) in [5.41, 5.74) is 0.